The number of benzene rings is 1. The Bertz CT molecular complexity index is 596. The fourth-order valence-corrected chi connectivity index (χ4v) is 2.88. The van der Waals surface area contributed by atoms with Gasteiger partial charge in [0.15, 0.2) is 0 Å². The maximum absolute atomic E-state index is 4.50. The van der Waals surface area contributed by atoms with Gasteiger partial charge in [0.1, 0.15) is 0 Å². The van der Waals surface area contributed by atoms with Gasteiger partial charge in [0.25, 0.3) is 0 Å². The Morgan fingerprint density at radius 3 is 2.24 bits per heavy atom. The molecule has 0 saturated carbocycles. The van der Waals surface area contributed by atoms with E-state index in [4.69, 9.17) is 0 Å². The van der Waals surface area contributed by atoms with Gasteiger partial charge in [-0.2, -0.15) is 5.10 Å². The first kappa shape index (κ1) is 15.6. The van der Waals surface area contributed by atoms with Crippen LogP contribution in [-0.4, -0.2) is 9.78 Å². The topological polar surface area (TPSA) is 29.9 Å². The van der Waals surface area contributed by atoms with Crippen molar-refractivity contribution in [3.8, 4) is 0 Å². The zero-order valence-electron chi connectivity index (χ0n) is 14.1. The Hall–Kier alpha value is -1.77. The Kier molecular flexibility index (Phi) is 4.71. The third-order valence-corrected chi connectivity index (χ3v) is 4.47. The summed E-state index contributed by atoms with van der Waals surface area (Å²) in [7, 11) is 2.00. The van der Waals surface area contributed by atoms with Crippen molar-refractivity contribution in [1.29, 1.82) is 0 Å². The highest BCUT2D eigenvalue weighted by molar-refractivity contribution is 5.48. The second kappa shape index (κ2) is 6.33. The fraction of sp³-hybridized carbons (Fsp3) is 0.500. The molecule has 21 heavy (non-hydrogen) atoms. The molecule has 0 fully saturated rings. The molecule has 1 N–H and O–H groups in total. The number of anilines is 1. The molecule has 3 nitrogen and oxygen atoms in total. The molecular weight excluding hydrogens is 258 g/mol. The van der Waals surface area contributed by atoms with Crippen molar-refractivity contribution in [2.45, 2.75) is 53.0 Å². The normalized spacial score (nSPS) is 14.0. The van der Waals surface area contributed by atoms with Gasteiger partial charge in [-0.25, -0.2) is 0 Å². The number of nitrogens with zero attached hydrogens (tertiary/aromatic N) is 2. The maximum atomic E-state index is 4.50. The molecular formula is C18H27N3. The first-order chi connectivity index (χ1) is 9.93. The second-order valence-corrected chi connectivity index (χ2v) is 6.01. The molecule has 0 amide bonds. The molecule has 0 aliphatic rings. The van der Waals surface area contributed by atoms with Gasteiger partial charge < -0.3 is 5.32 Å². The van der Waals surface area contributed by atoms with Gasteiger partial charge in [-0.3, -0.25) is 4.68 Å². The molecule has 1 heterocycles. The van der Waals surface area contributed by atoms with Crippen LogP contribution in [0.15, 0.2) is 24.3 Å². The van der Waals surface area contributed by atoms with E-state index in [9.17, 15) is 0 Å². The predicted octanol–water partition coefficient (Wildman–Crippen LogP) is 4.72. The van der Waals surface area contributed by atoms with Gasteiger partial charge in [-0.05, 0) is 50.8 Å². The van der Waals surface area contributed by atoms with Crippen LogP contribution in [0, 0.1) is 13.8 Å². The van der Waals surface area contributed by atoms with Crippen LogP contribution in [0.2, 0.25) is 0 Å². The summed E-state index contributed by atoms with van der Waals surface area (Å²) in [5.74, 6) is 0.624. The molecule has 0 aliphatic carbocycles. The zero-order chi connectivity index (χ0) is 15.6. The smallest absolute Gasteiger partial charge is 0.0649 e. The largest absolute Gasteiger partial charge is 0.378 e. The average molecular weight is 285 g/mol. The lowest BCUT2D eigenvalue weighted by atomic mass is 9.98. The minimum Gasteiger partial charge on any atom is -0.378 e. The minimum absolute atomic E-state index is 0.258. The molecule has 1 aromatic carbocycles. The van der Waals surface area contributed by atoms with E-state index in [0.717, 1.165) is 11.4 Å². The average Bonchev–Trinajstić information content (AvgIpc) is 2.72. The predicted molar refractivity (Wildman–Crippen MR) is 89.9 cm³/mol. The molecule has 1 aromatic heterocycles. The van der Waals surface area contributed by atoms with Crippen molar-refractivity contribution < 1.29 is 0 Å². The van der Waals surface area contributed by atoms with E-state index < -0.39 is 0 Å². The number of nitrogens with one attached hydrogen (secondary N) is 1. The summed E-state index contributed by atoms with van der Waals surface area (Å²) in [5.41, 5.74) is 6.19. The third kappa shape index (κ3) is 3.29. The number of aryl methyl sites for hydroxylation is 2. The molecule has 0 saturated heterocycles. The van der Waals surface area contributed by atoms with Gasteiger partial charge in [0.05, 0.1) is 11.7 Å². The summed E-state index contributed by atoms with van der Waals surface area (Å²) in [5, 5.41) is 8.08. The van der Waals surface area contributed by atoms with E-state index in [2.05, 4.69) is 69.3 Å². The molecule has 3 heteroatoms. The van der Waals surface area contributed by atoms with Crippen molar-refractivity contribution in [2.24, 2.45) is 7.05 Å². The Morgan fingerprint density at radius 1 is 1.14 bits per heavy atom. The second-order valence-electron chi connectivity index (χ2n) is 6.01. The van der Waals surface area contributed by atoms with E-state index in [0.29, 0.717) is 5.92 Å². The van der Waals surface area contributed by atoms with Crippen molar-refractivity contribution in [3.05, 3.63) is 46.8 Å². The van der Waals surface area contributed by atoms with Gasteiger partial charge in [-0.15, -0.1) is 0 Å². The van der Waals surface area contributed by atoms with Crippen LogP contribution < -0.4 is 5.32 Å². The van der Waals surface area contributed by atoms with Crippen LogP contribution in [0.1, 0.15) is 61.7 Å². The molecule has 2 unspecified atom stereocenters. The number of hydrogen-bond acceptors (Lipinski definition) is 2. The summed E-state index contributed by atoms with van der Waals surface area (Å²) < 4.78 is 1.95. The molecule has 114 valence electrons. The highest BCUT2D eigenvalue weighted by Gasteiger charge is 2.16. The van der Waals surface area contributed by atoms with Crippen LogP contribution in [0.25, 0.3) is 0 Å². The molecule has 2 rings (SSSR count). The molecule has 0 bridgehead atoms. The summed E-state index contributed by atoms with van der Waals surface area (Å²) >= 11 is 0. The van der Waals surface area contributed by atoms with Crippen LogP contribution in [0.5, 0.6) is 0 Å². The van der Waals surface area contributed by atoms with E-state index in [1.807, 2.05) is 11.7 Å². The first-order valence-corrected chi connectivity index (χ1v) is 7.80. The van der Waals surface area contributed by atoms with E-state index in [-0.39, 0.29) is 6.04 Å². The molecule has 0 aliphatic heterocycles. The van der Waals surface area contributed by atoms with Crippen LogP contribution >= 0.6 is 0 Å². The van der Waals surface area contributed by atoms with Crippen LogP contribution in [0.4, 0.5) is 5.69 Å². The SMILES string of the molecule is CCC(C)c1ccc(NC(C)c2c(C)nn(C)c2C)cc1. The molecule has 2 aromatic rings. The van der Waals surface area contributed by atoms with Gasteiger partial charge in [-0.1, -0.05) is 26.0 Å². The molecule has 2 atom stereocenters. The molecule has 0 radical (unpaired) electrons. The lowest BCUT2D eigenvalue weighted by molar-refractivity contribution is 0.728. The van der Waals surface area contributed by atoms with Crippen LogP contribution in [0.3, 0.4) is 0 Å². The number of rotatable bonds is 5. The van der Waals surface area contributed by atoms with Crippen LogP contribution in [-0.2, 0) is 7.05 Å². The molecule has 0 spiro atoms. The summed E-state index contributed by atoms with van der Waals surface area (Å²) in [6.07, 6.45) is 1.18. The van der Waals surface area contributed by atoms with Crippen molar-refractivity contribution >= 4 is 5.69 Å². The lowest BCUT2D eigenvalue weighted by Gasteiger charge is -2.17. The minimum atomic E-state index is 0.258. The first-order valence-electron chi connectivity index (χ1n) is 7.80. The lowest BCUT2D eigenvalue weighted by Crippen LogP contribution is -2.09. The van der Waals surface area contributed by atoms with Gasteiger partial charge in [0, 0.05) is 24.0 Å². The van der Waals surface area contributed by atoms with E-state index >= 15 is 0 Å². The van der Waals surface area contributed by atoms with Gasteiger partial charge >= 0.3 is 0 Å². The third-order valence-electron chi connectivity index (χ3n) is 4.47. The maximum Gasteiger partial charge on any atom is 0.0649 e. The highest BCUT2D eigenvalue weighted by Crippen LogP contribution is 2.26. The number of aromatic nitrogens is 2. The Morgan fingerprint density at radius 2 is 1.76 bits per heavy atom. The van der Waals surface area contributed by atoms with Crippen molar-refractivity contribution in [2.75, 3.05) is 5.32 Å². The Balaban J connectivity index is 2.14. The monoisotopic (exact) mass is 285 g/mol. The Labute approximate surface area is 128 Å². The quantitative estimate of drug-likeness (QED) is 0.861. The number of hydrogen-bond donors (Lipinski definition) is 1. The van der Waals surface area contributed by atoms with E-state index in [1.54, 1.807) is 0 Å². The highest BCUT2D eigenvalue weighted by atomic mass is 15.3. The van der Waals surface area contributed by atoms with Crippen molar-refractivity contribution in [1.82, 2.24) is 9.78 Å². The summed E-state index contributed by atoms with van der Waals surface area (Å²) in [6, 6.07) is 9.07. The summed E-state index contributed by atoms with van der Waals surface area (Å²) in [4.78, 5) is 0. The standard InChI is InChI=1S/C18H27N3/c1-7-12(2)16-8-10-17(11-9-16)19-13(3)18-14(4)20-21(6)15(18)5/h8-13,19H,7H2,1-6H3. The van der Waals surface area contributed by atoms with Gasteiger partial charge in [0.2, 0.25) is 0 Å². The summed E-state index contributed by atoms with van der Waals surface area (Å²) in [6.45, 7) is 10.9. The zero-order valence-corrected chi connectivity index (χ0v) is 14.1. The fourth-order valence-electron chi connectivity index (χ4n) is 2.88. The van der Waals surface area contributed by atoms with Crippen molar-refractivity contribution in [3.63, 3.8) is 0 Å². The van der Waals surface area contributed by atoms with E-state index in [1.165, 1.54) is 23.2 Å².